The Bertz CT molecular complexity index is 589. The maximum Gasteiger partial charge on any atom is 0.269 e. The smallest absolute Gasteiger partial charge is 0.269 e. The van der Waals surface area contributed by atoms with Gasteiger partial charge in [0.1, 0.15) is 5.75 Å². The molecule has 0 bridgehead atoms. The van der Waals surface area contributed by atoms with E-state index in [0.29, 0.717) is 5.69 Å². The number of non-ortho nitro benzene ring substituents is 1. The van der Waals surface area contributed by atoms with Gasteiger partial charge in [-0.25, -0.2) is 0 Å². The van der Waals surface area contributed by atoms with Crippen LogP contribution in [0.2, 0.25) is 0 Å². The maximum absolute atomic E-state index is 10.5. The van der Waals surface area contributed by atoms with Gasteiger partial charge in [-0.15, -0.1) is 0 Å². The van der Waals surface area contributed by atoms with Gasteiger partial charge < -0.3 is 4.74 Å². The SMILES string of the molecule is COc1ccc(/C=N/c2ccc([N+](=O)[O-])cc2)cc1. The van der Waals surface area contributed by atoms with Crippen LogP contribution in [0.4, 0.5) is 11.4 Å². The Morgan fingerprint density at radius 1 is 1.11 bits per heavy atom. The molecule has 0 saturated carbocycles. The molecule has 0 radical (unpaired) electrons. The molecule has 19 heavy (non-hydrogen) atoms. The minimum Gasteiger partial charge on any atom is -0.497 e. The average molecular weight is 256 g/mol. The molecule has 0 fully saturated rings. The van der Waals surface area contributed by atoms with Gasteiger partial charge in [0.15, 0.2) is 0 Å². The molecular formula is C14H12N2O3. The summed E-state index contributed by atoms with van der Waals surface area (Å²) in [5, 5.41) is 10.5. The monoisotopic (exact) mass is 256 g/mol. The largest absolute Gasteiger partial charge is 0.497 e. The number of aliphatic imine (C=N–C) groups is 1. The zero-order valence-corrected chi connectivity index (χ0v) is 10.3. The molecule has 0 heterocycles. The molecule has 0 amide bonds. The molecule has 0 aliphatic rings. The molecule has 0 aliphatic heterocycles. The zero-order chi connectivity index (χ0) is 13.7. The minimum absolute atomic E-state index is 0.0587. The van der Waals surface area contributed by atoms with Crippen LogP contribution < -0.4 is 4.74 Å². The molecule has 5 nitrogen and oxygen atoms in total. The first-order valence-electron chi connectivity index (χ1n) is 5.61. The van der Waals surface area contributed by atoms with Crippen LogP contribution in [-0.4, -0.2) is 18.2 Å². The summed E-state index contributed by atoms with van der Waals surface area (Å²) in [5.74, 6) is 0.785. The third-order valence-corrected chi connectivity index (χ3v) is 2.54. The molecule has 0 unspecified atom stereocenters. The Morgan fingerprint density at radius 3 is 2.26 bits per heavy atom. The third-order valence-electron chi connectivity index (χ3n) is 2.54. The van der Waals surface area contributed by atoms with Crippen LogP contribution in [0.5, 0.6) is 5.75 Å². The van der Waals surface area contributed by atoms with Crippen molar-refractivity contribution in [3.05, 3.63) is 64.2 Å². The van der Waals surface area contributed by atoms with Gasteiger partial charge in [0, 0.05) is 18.3 Å². The van der Waals surface area contributed by atoms with Crippen molar-refractivity contribution in [2.24, 2.45) is 4.99 Å². The van der Waals surface area contributed by atoms with Crippen LogP contribution in [0, 0.1) is 10.1 Å². The predicted octanol–water partition coefficient (Wildman–Crippen LogP) is 3.35. The van der Waals surface area contributed by atoms with Crippen LogP contribution in [0.25, 0.3) is 0 Å². The van der Waals surface area contributed by atoms with Crippen molar-refractivity contribution in [1.29, 1.82) is 0 Å². The molecule has 0 aromatic heterocycles. The highest BCUT2D eigenvalue weighted by atomic mass is 16.6. The number of benzene rings is 2. The zero-order valence-electron chi connectivity index (χ0n) is 10.3. The fourth-order valence-electron chi connectivity index (χ4n) is 1.50. The maximum atomic E-state index is 10.5. The Labute approximate surface area is 110 Å². The van der Waals surface area contributed by atoms with E-state index in [1.165, 1.54) is 12.1 Å². The van der Waals surface area contributed by atoms with E-state index < -0.39 is 4.92 Å². The van der Waals surface area contributed by atoms with Gasteiger partial charge in [0.2, 0.25) is 0 Å². The summed E-state index contributed by atoms with van der Waals surface area (Å²) in [4.78, 5) is 14.3. The topological polar surface area (TPSA) is 64.7 Å². The summed E-state index contributed by atoms with van der Waals surface area (Å²) in [7, 11) is 1.61. The van der Waals surface area contributed by atoms with Gasteiger partial charge in [-0.1, -0.05) is 0 Å². The lowest BCUT2D eigenvalue weighted by Crippen LogP contribution is -1.86. The first-order chi connectivity index (χ1) is 9.19. The van der Waals surface area contributed by atoms with Crippen molar-refractivity contribution < 1.29 is 9.66 Å². The van der Waals surface area contributed by atoms with Crippen LogP contribution in [0.1, 0.15) is 5.56 Å². The highest BCUT2D eigenvalue weighted by Gasteiger charge is 2.02. The van der Waals surface area contributed by atoms with Crippen molar-refractivity contribution in [2.75, 3.05) is 7.11 Å². The van der Waals surface area contributed by atoms with E-state index in [-0.39, 0.29) is 5.69 Å². The molecule has 5 heteroatoms. The molecule has 2 rings (SSSR count). The molecule has 0 atom stereocenters. The van der Waals surface area contributed by atoms with E-state index in [0.717, 1.165) is 11.3 Å². The van der Waals surface area contributed by atoms with E-state index in [1.54, 1.807) is 25.5 Å². The van der Waals surface area contributed by atoms with Gasteiger partial charge in [-0.3, -0.25) is 15.1 Å². The molecule has 0 N–H and O–H groups in total. The van der Waals surface area contributed by atoms with E-state index in [4.69, 9.17) is 4.74 Å². The van der Waals surface area contributed by atoms with Crippen molar-refractivity contribution >= 4 is 17.6 Å². The normalized spacial score (nSPS) is 10.6. The second-order valence-corrected chi connectivity index (χ2v) is 3.80. The number of hydrogen-bond acceptors (Lipinski definition) is 4. The third kappa shape index (κ3) is 3.38. The van der Waals surface area contributed by atoms with Gasteiger partial charge in [-0.2, -0.15) is 0 Å². The number of hydrogen-bond donors (Lipinski definition) is 0. The molecule has 0 spiro atoms. The Balaban J connectivity index is 2.10. The summed E-state index contributed by atoms with van der Waals surface area (Å²) < 4.78 is 5.06. The number of nitro groups is 1. The Hall–Kier alpha value is -2.69. The molecule has 0 aliphatic carbocycles. The van der Waals surface area contributed by atoms with Gasteiger partial charge in [-0.05, 0) is 42.0 Å². The number of ether oxygens (including phenoxy) is 1. The lowest BCUT2D eigenvalue weighted by molar-refractivity contribution is -0.384. The number of rotatable bonds is 4. The number of nitro benzene ring substituents is 1. The Morgan fingerprint density at radius 2 is 1.74 bits per heavy atom. The first kappa shape index (κ1) is 12.8. The number of nitrogens with zero attached hydrogens (tertiary/aromatic N) is 2. The first-order valence-corrected chi connectivity index (χ1v) is 5.61. The quantitative estimate of drug-likeness (QED) is 0.478. The van der Waals surface area contributed by atoms with Gasteiger partial charge >= 0.3 is 0 Å². The van der Waals surface area contributed by atoms with Crippen LogP contribution in [0.15, 0.2) is 53.5 Å². The highest BCUT2D eigenvalue weighted by Crippen LogP contribution is 2.18. The van der Waals surface area contributed by atoms with Gasteiger partial charge in [0.05, 0.1) is 17.7 Å². The van der Waals surface area contributed by atoms with Crippen LogP contribution in [0.3, 0.4) is 0 Å². The minimum atomic E-state index is -0.434. The van der Waals surface area contributed by atoms with E-state index in [2.05, 4.69) is 4.99 Å². The average Bonchev–Trinajstić information content (AvgIpc) is 2.46. The molecular weight excluding hydrogens is 244 g/mol. The summed E-state index contributed by atoms with van der Waals surface area (Å²) in [5.41, 5.74) is 1.66. The van der Waals surface area contributed by atoms with E-state index >= 15 is 0 Å². The van der Waals surface area contributed by atoms with Crippen molar-refractivity contribution in [1.82, 2.24) is 0 Å². The molecule has 0 saturated heterocycles. The second kappa shape index (κ2) is 5.77. The Kier molecular flexibility index (Phi) is 3.87. The number of methoxy groups -OCH3 is 1. The fraction of sp³-hybridized carbons (Fsp3) is 0.0714. The summed E-state index contributed by atoms with van der Waals surface area (Å²) in [6.45, 7) is 0. The van der Waals surface area contributed by atoms with E-state index in [9.17, 15) is 10.1 Å². The fourth-order valence-corrected chi connectivity index (χ4v) is 1.50. The molecule has 2 aromatic carbocycles. The lowest BCUT2D eigenvalue weighted by atomic mass is 10.2. The van der Waals surface area contributed by atoms with Gasteiger partial charge in [0.25, 0.3) is 5.69 Å². The summed E-state index contributed by atoms with van der Waals surface area (Å²) >= 11 is 0. The van der Waals surface area contributed by atoms with Crippen molar-refractivity contribution in [3.8, 4) is 5.75 Å². The highest BCUT2D eigenvalue weighted by molar-refractivity contribution is 5.82. The molecule has 96 valence electrons. The van der Waals surface area contributed by atoms with Crippen molar-refractivity contribution in [2.45, 2.75) is 0 Å². The van der Waals surface area contributed by atoms with Crippen molar-refractivity contribution in [3.63, 3.8) is 0 Å². The summed E-state index contributed by atoms with van der Waals surface area (Å²) in [6, 6.07) is 13.5. The van der Waals surface area contributed by atoms with Crippen LogP contribution >= 0.6 is 0 Å². The molecule has 2 aromatic rings. The second-order valence-electron chi connectivity index (χ2n) is 3.80. The lowest BCUT2D eigenvalue weighted by Gasteiger charge is -1.99. The summed E-state index contributed by atoms with van der Waals surface area (Å²) in [6.07, 6.45) is 1.70. The standard InChI is InChI=1S/C14H12N2O3/c1-19-14-8-2-11(3-9-14)10-15-12-4-6-13(7-5-12)16(17)18/h2-10H,1H3/b15-10+. The predicted molar refractivity (Wildman–Crippen MR) is 73.3 cm³/mol. The van der Waals surface area contributed by atoms with E-state index in [1.807, 2.05) is 24.3 Å². The van der Waals surface area contributed by atoms with Crippen LogP contribution in [-0.2, 0) is 0 Å².